The third kappa shape index (κ3) is 2.76. The first-order valence-corrected chi connectivity index (χ1v) is 9.38. The molecule has 0 N–H and O–H groups in total. The summed E-state index contributed by atoms with van der Waals surface area (Å²) in [5.41, 5.74) is 0.118. The Hall–Kier alpha value is -1.79. The minimum absolute atomic E-state index is 0.132. The number of benzene rings is 1. The van der Waals surface area contributed by atoms with Crippen molar-refractivity contribution < 1.29 is 13.9 Å². The van der Waals surface area contributed by atoms with Crippen LogP contribution in [0.4, 0.5) is 4.39 Å². The number of methoxy groups -OCH3 is 1. The molecule has 2 fully saturated rings. The van der Waals surface area contributed by atoms with E-state index in [1.165, 1.54) is 6.07 Å². The Morgan fingerprint density at radius 1 is 1.35 bits per heavy atom. The van der Waals surface area contributed by atoms with Crippen molar-refractivity contribution in [2.24, 2.45) is 16.8 Å². The van der Waals surface area contributed by atoms with Crippen molar-refractivity contribution >= 4 is 11.7 Å². The second-order valence-corrected chi connectivity index (χ2v) is 7.72. The van der Waals surface area contributed by atoms with Gasteiger partial charge in [-0.3, -0.25) is 19.6 Å². The average molecular weight is 359 g/mol. The number of hydrogen-bond donors (Lipinski definition) is 0. The van der Waals surface area contributed by atoms with Gasteiger partial charge in [-0.15, -0.1) is 0 Å². The third-order valence-electron chi connectivity index (χ3n) is 6.26. The molecule has 5 nitrogen and oxygen atoms in total. The Bertz CT molecular complexity index is 738. The van der Waals surface area contributed by atoms with E-state index in [1.807, 2.05) is 19.1 Å². The van der Waals surface area contributed by atoms with E-state index in [0.29, 0.717) is 25.6 Å². The maximum absolute atomic E-state index is 14.0. The predicted octanol–water partition coefficient (Wildman–Crippen LogP) is 2.31. The Morgan fingerprint density at radius 3 is 2.92 bits per heavy atom. The molecule has 1 saturated carbocycles. The molecule has 1 amide bonds. The number of ether oxygens (including phenoxy) is 1. The van der Waals surface area contributed by atoms with Gasteiger partial charge in [-0.1, -0.05) is 18.2 Å². The van der Waals surface area contributed by atoms with Crippen LogP contribution in [0.3, 0.4) is 0 Å². The van der Waals surface area contributed by atoms with Gasteiger partial charge in [0.2, 0.25) is 0 Å². The summed E-state index contributed by atoms with van der Waals surface area (Å²) >= 11 is 0. The third-order valence-corrected chi connectivity index (χ3v) is 6.26. The van der Waals surface area contributed by atoms with E-state index in [-0.39, 0.29) is 17.6 Å². The molecule has 0 unspecified atom stereocenters. The van der Waals surface area contributed by atoms with Crippen molar-refractivity contribution in [1.82, 2.24) is 9.80 Å². The van der Waals surface area contributed by atoms with Crippen LogP contribution < -0.4 is 0 Å². The Labute approximate surface area is 153 Å². The molecular formula is C20H26FN3O2. The zero-order valence-corrected chi connectivity index (χ0v) is 15.4. The molecule has 3 aliphatic rings. The van der Waals surface area contributed by atoms with E-state index in [9.17, 15) is 9.18 Å². The largest absolute Gasteiger partial charge is 0.383 e. The molecule has 1 spiro atoms. The van der Waals surface area contributed by atoms with Crippen LogP contribution in [0.1, 0.15) is 25.3 Å². The lowest BCUT2D eigenvalue weighted by atomic mass is 9.85. The highest BCUT2D eigenvalue weighted by Crippen LogP contribution is 2.50. The van der Waals surface area contributed by atoms with Crippen LogP contribution in [0.15, 0.2) is 29.3 Å². The first-order chi connectivity index (χ1) is 12.5. The highest BCUT2D eigenvalue weighted by molar-refractivity contribution is 6.07. The number of carbonyl (C=O) groups is 1. The molecule has 140 valence electrons. The van der Waals surface area contributed by atoms with Crippen LogP contribution in [0.25, 0.3) is 0 Å². The number of fused-ring (bicyclic) bond motifs is 2. The van der Waals surface area contributed by atoms with Crippen LogP contribution in [0, 0.1) is 17.7 Å². The maximum Gasteiger partial charge on any atom is 0.256 e. The van der Waals surface area contributed by atoms with Gasteiger partial charge < -0.3 is 4.74 Å². The number of nitrogens with zero attached hydrogens (tertiary/aromatic N) is 3. The van der Waals surface area contributed by atoms with Crippen molar-refractivity contribution in [3.05, 3.63) is 35.6 Å². The molecule has 1 aliphatic carbocycles. The van der Waals surface area contributed by atoms with Crippen LogP contribution in [-0.4, -0.2) is 60.4 Å². The minimum Gasteiger partial charge on any atom is -0.383 e. The normalized spacial score (nSPS) is 31.1. The first-order valence-electron chi connectivity index (χ1n) is 9.38. The maximum atomic E-state index is 14.0. The fourth-order valence-electron chi connectivity index (χ4n) is 5.01. The lowest BCUT2D eigenvalue weighted by Crippen LogP contribution is -2.47. The monoisotopic (exact) mass is 359 g/mol. The number of amidine groups is 1. The van der Waals surface area contributed by atoms with Crippen LogP contribution in [0.2, 0.25) is 0 Å². The lowest BCUT2D eigenvalue weighted by Gasteiger charge is -2.28. The molecule has 1 saturated heterocycles. The summed E-state index contributed by atoms with van der Waals surface area (Å²) in [6, 6.07) is 6.94. The minimum atomic E-state index is -0.605. The van der Waals surface area contributed by atoms with Gasteiger partial charge in [0.05, 0.1) is 13.2 Å². The van der Waals surface area contributed by atoms with E-state index in [2.05, 4.69) is 4.90 Å². The Balaban J connectivity index is 1.50. The van der Waals surface area contributed by atoms with Crippen LogP contribution in [0.5, 0.6) is 0 Å². The van der Waals surface area contributed by atoms with Crippen molar-refractivity contribution in [2.75, 3.05) is 33.4 Å². The summed E-state index contributed by atoms with van der Waals surface area (Å²) in [5, 5.41) is 0. The molecule has 26 heavy (non-hydrogen) atoms. The summed E-state index contributed by atoms with van der Waals surface area (Å²) in [5.74, 6) is 1.47. The zero-order valence-electron chi connectivity index (χ0n) is 15.4. The molecule has 0 radical (unpaired) electrons. The van der Waals surface area contributed by atoms with E-state index >= 15 is 0 Å². The molecule has 0 aromatic heterocycles. The van der Waals surface area contributed by atoms with E-state index in [0.717, 1.165) is 37.3 Å². The van der Waals surface area contributed by atoms with Crippen molar-refractivity contribution in [3.63, 3.8) is 0 Å². The number of halogens is 1. The van der Waals surface area contributed by atoms with E-state index in [1.54, 1.807) is 18.1 Å². The van der Waals surface area contributed by atoms with Crippen molar-refractivity contribution in [1.29, 1.82) is 0 Å². The molecule has 2 heterocycles. The number of rotatable bonds is 5. The Kier molecular flexibility index (Phi) is 4.57. The van der Waals surface area contributed by atoms with Crippen molar-refractivity contribution in [2.45, 2.75) is 31.8 Å². The second-order valence-electron chi connectivity index (χ2n) is 7.72. The van der Waals surface area contributed by atoms with Crippen LogP contribution in [-0.2, 0) is 16.1 Å². The summed E-state index contributed by atoms with van der Waals surface area (Å²) in [7, 11) is 1.64. The zero-order chi connectivity index (χ0) is 18.3. The smallest absolute Gasteiger partial charge is 0.256 e. The summed E-state index contributed by atoms with van der Waals surface area (Å²) in [6.45, 7) is 5.31. The summed E-state index contributed by atoms with van der Waals surface area (Å²) in [6.07, 6.45) is 1.84. The predicted molar refractivity (Wildman–Crippen MR) is 97.3 cm³/mol. The molecule has 3 atom stereocenters. The summed E-state index contributed by atoms with van der Waals surface area (Å²) < 4.78 is 19.1. The molecular weight excluding hydrogens is 333 g/mol. The number of amides is 1. The number of aliphatic imine (C=N–C) groups is 1. The number of carbonyl (C=O) groups excluding carboxylic acids is 1. The highest BCUT2D eigenvalue weighted by Gasteiger charge is 2.60. The average Bonchev–Trinajstić information content (AvgIpc) is 3.24. The van der Waals surface area contributed by atoms with Gasteiger partial charge in [-0.2, -0.15) is 0 Å². The van der Waals surface area contributed by atoms with Gasteiger partial charge in [-0.05, 0) is 31.7 Å². The fourth-order valence-corrected chi connectivity index (χ4v) is 5.01. The van der Waals surface area contributed by atoms with E-state index < -0.39 is 5.54 Å². The van der Waals surface area contributed by atoms with Gasteiger partial charge in [0.1, 0.15) is 17.2 Å². The van der Waals surface area contributed by atoms with Gasteiger partial charge in [0, 0.05) is 38.2 Å². The SMILES string of the molecule is COCCN1C(=O)[C@]2(CC[C@@H]3CN(Cc4ccccc4F)C[C@@H]32)N=C1C. The van der Waals surface area contributed by atoms with Gasteiger partial charge in [0.25, 0.3) is 5.91 Å². The molecule has 1 aromatic carbocycles. The van der Waals surface area contributed by atoms with Crippen molar-refractivity contribution in [3.8, 4) is 0 Å². The second kappa shape index (κ2) is 6.74. The van der Waals surface area contributed by atoms with Gasteiger partial charge in [0.15, 0.2) is 0 Å². The molecule has 4 rings (SSSR count). The fraction of sp³-hybridized carbons (Fsp3) is 0.600. The van der Waals surface area contributed by atoms with Crippen LogP contribution >= 0.6 is 0 Å². The highest BCUT2D eigenvalue weighted by atomic mass is 19.1. The quantitative estimate of drug-likeness (QED) is 0.810. The Morgan fingerprint density at radius 2 is 2.15 bits per heavy atom. The molecule has 1 aromatic rings. The van der Waals surface area contributed by atoms with Gasteiger partial charge >= 0.3 is 0 Å². The summed E-state index contributed by atoms with van der Waals surface area (Å²) in [4.78, 5) is 22.1. The van der Waals surface area contributed by atoms with Gasteiger partial charge in [-0.25, -0.2) is 4.39 Å². The standard InChI is InChI=1S/C20H26FN3O2/c1-14-22-20(19(25)24(14)9-10-26-2)8-7-15-11-23(13-17(15)20)12-16-5-3-4-6-18(16)21/h3-6,15,17H,7-13H2,1-2H3/t15-,17+,20-/m1/s1. The topological polar surface area (TPSA) is 45.1 Å². The molecule has 2 aliphatic heterocycles. The molecule has 0 bridgehead atoms. The number of hydrogen-bond acceptors (Lipinski definition) is 4. The number of likely N-dealkylation sites (tertiary alicyclic amines) is 1. The first kappa shape index (κ1) is 17.6. The van der Waals surface area contributed by atoms with E-state index in [4.69, 9.17) is 9.73 Å². The lowest BCUT2D eigenvalue weighted by molar-refractivity contribution is -0.132. The molecule has 6 heteroatoms.